The normalized spacial score (nSPS) is 18.8. The third-order valence-corrected chi connectivity index (χ3v) is 2.82. The van der Waals surface area contributed by atoms with Crippen LogP contribution >= 0.6 is 0 Å². The standard InChI is InChI=1S/C12H13FN2O2/c13-8-4-1-3-7-10(8)11(16)9(5-2-6-14)15-12(7)17/h1,3-4,9H,2,5-6,14H2,(H,15,17)/t9-/m0/s1. The average Bonchev–Trinajstić information content (AvgIpc) is 2.32. The Morgan fingerprint density at radius 3 is 2.82 bits per heavy atom. The van der Waals surface area contributed by atoms with Crippen molar-refractivity contribution < 1.29 is 14.0 Å². The molecule has 5 heteroatoms. The number of nitrogens with two attached hydrogens (primary N) is 1. The maximum absolute atomic E-state index is 13.6. The quantitative estimate of drug-likeness (QED) is 0.817. The van der Waals surface area contributed by atoms with Crippen LogP contribution in [-0.2, 0) is 0 Å². The van der Waals surface area contributed by atoms with Gasteiger partial charge in [0.05, 0.1) is 17.2 Å². The Morgan fingerprint density at radius 2 is 2.12 bits per heavy atom. The second-order valence-electron chi connectivity index (χ2n) is 3.98. The Bertz CT molecular complexity index is 474. The first-order valence-corrected chi connectivity index (χ1v) is 5.49. The summed E-state index contributed by atoms with van der Waals surface area (Å²) >= 11 is 0. The van der Waals surface area contributed by atoms with Gasteiger partial charge in [-0.3, -0.25) is 9.59 Å². The third kappa shape index (κ3) is 2.06. The van der Waals surface area contributed by atoms with E-state index in [0.29, 0.717) is 19.4 Å². The summed E-state index contributed by atoms with van der Waals surface area (Å²) in [6, 6.07) is 3.40. The number of rotatable bonds is 3. The number of carbonyl (C=O) groups is 2. The van der Waals surface area contributed by atoms with Gasteiger partial charge in [-0.15, -0.1) is 0 Å². The Morgan fingerprint density at radius 1 is 1.35 bits per heavy atom. The highest BCUT2D eigenvalue weighted by molar-refractivity contribution is 6.15. The van der Waals surface area contributed by atoms with Gasteiger partial charge in [-0.25, -0.2) is 4.39 Å². The van der Waals surface area contributed by atoms with Crippen molar-refractivity contribution in [2.24, 2.45) is 5.73 Å². The first-order chi connectivity index (χ1) is 8.15. The molecule has 0 aliphatic carbocycles. The number of halogens is 1. The number of Topliss-reactive ketones (excluding diaryl/α,β-unsaturated/α-hetero) is 1. The van der Waals surface area contributed by atoms with E-state index in [0.717, 1.165) is 0 Å². The van der Waals surface area contributed by atoms with Crippen LogP contribution in [0.2, 0.25) is 0 Å². The fourth-order valence-corrected chi connectivity index (χ4v) is 1.96. The number of hydrogen-bond acceptors (Lipinski definition) is 3. The van der Waals surface area contributed by atoms with E-state index in [1.54, 1.807) is 0 Å². The van der Waals surface area contributed by atoms with Crippen molar-refractivity contribution >= 4 is 11.7 Å². The molecule has 17 heavy (non-hydrogen) atoms. The van der Waals surface area contributed by atoms with Gasteiger partial charge >= 0.3 is 0 Å². The van der Waals surface area contributed by atoms with E-state index in [-0.39, 0.29) is 16.9 Å². The Balaban J connectivity index is 2.36. The lowest BCUT2D eigenvalue weighted by atomic mass is 9.91. The molecule has 0 unspecified atom stereocenters. The molecule has 0 bridgehead atoms. The largest absolute Gasteiger partial charge is 0.342 e. The van der Waals surface area contributed by atoms with Gasteiger partial charge in [-0.05, 0) is 31.5 Å². The smallest absolute Gasteiger partial charge is 0.252 e. The number of ketones is 1. The molecule has 0 fully saturated rings. The zero-order chi connectivity index (χ0) is 12.4. The van der Waals surface area contributed by atoms with Gasteiger partial charge in [0, 0.05) is 0 Å². The predicted molar refractivity (Wildman–Crippen MR) is 60.3 cm³/mol. The second kappa shape index (κ2) is 4.63. The van der Waals surface area contributed by atoms with Crippen molar-refractivity contribution in [3.63, 3.8) is 0 Å². The molecule has 1 aliphatic heterocycles. The van der Waals surface area contributed by atoms with E-state index in [1.165, 1.54) is 18.2 Å². The summed E-state index contributed by atoms with van der Waals surface area (Å²) in [6.45, 7) is 0.434. The molecule has 1 aromatic carbocycles. The van der Waals surface area contributed by atoms with Crippen molar-refractivity contribution in [3.8, 4) is 0 Å². The van der Waals surface area contributed by atoms with E-state index >= 15 is 0 Å². The minimum absolute atomic E-state index is 0.0988. The maximum atomic E-state index is 13.6. The second-order valence-corrected chi connectivity index (χ2v) is 3.98. The van der Waals surface area contributed by atoms with Crippen LogP contribution in [0.5, 0.6) is 0 Å². The summed E-state index contributed by atoms with van der Waals surface area (Å²) < 4.78 is 13.6. The lowest BCUT2D eigenvalue weighted by Crippen LogP contribution is -2.46. The molecule has 4 nitrogen and oxygen atoms in total. The number of benzene rings is 1. The summed E-state index contributed by atoms with van der Waals surface area (Å²) in [6.07, 6.45) is 1.05. The number of fused-ring (bicyclic) bond motifs is 1. The Kier molecular flexibility index (Phi) is 3.19. The van der Waals surface area contributed by atoms with Crippen molar-refractivity contribution in [2.45, 2.75) is 18.9 Å². The Hall–Kier alpha value is -1.75. The van der Waals surface area contributed by atoms with Gasteiger partial charge in [-0.1, -0.05) is 6.07 Å². The number of carbonyl (C=O) groups excluding carboxylic acids is 2. The van der Waals surface area contributed by atoms with Crippen molar-refractivity contribution in [2.75, 3.05) is 6.54 Å². The van der Waals surface area contributed by atoms with Gasteiger partial charge in [0.1, 0.15) is 5.82 Å². The van der Waals surface area contributed by atoms with Crippen LogP contribution in [0.25, 0.3) is 0 Å². The molecule has 3 N–H and O–H groups in total. The van der Waals surface area contributed by atoms with Crippen LogP contribution in [0.4, 0.5) is 4.39 Å². The molecule has 1 aliphatic rings. The van der Waals surface area contributed by atoms with E-state index in [2.05, 4.69) is 5.32 Å². The molecular formula is C12H13FN2O2. The van der Waals surface area contributed by atoms with Crippen LogP contribution in [0.15, 0.2) is 18.2 Å². The van der Waals surface area contributed by atoms with Gasteiger partial charge in [0.25, 0.3) is 5.91 Å². The molecule has 0 aromatic heterocycles. The molecule has 2 rings (SSSR count). The maximum Gasteiger partial charge on any atom is 0.252 e. The summed E-state index contributed by atoms with van der Waals surface area (Å²) in [5, 5.41) is 2.57. The van der Waals surface area contributed by atoms with Crippen LogP contribution in [0.3, 0.4) is 0 Å². The van der Waals surface area contributed by atoms with Gasteiger partial charge in [-0.2, -0.15) is 0 Å². The summed E-state index contributed by atoms with van der Waals surface area (Å²) in [4.78, 5) is 23.7. The van der Waals surface area contributed by atoms with Crippen LogP contribution in [-0.4, -0.2) is 24.3 Å². The van der Waals surface area contributed by atoms with E-state index in [1.807, 2.05) is 0 Å². The van der Waals surface area contributed by atoms with Gasteiger partial charge < -0.3 is 11.1 Å². The molecule has 1 atom stereocenters. The monoisotopic (exact) mass is 236 g/mol. The van der Waals surface area contributed by atoms with Gasteiger partial charge in [0.15, 0.2) is 5.78 Å². The molecular weight excluding hydrogens is 223 g/mol. The van der Waals surface area contributed by atoms with E-state index in [4.69, 9.17) is 5.73 Å². The topological polar surface area (TPSA) is 72.2 Å². The highest BCUT2D eigenvalue weighted by Gasteiger charge is 2.33. The van der Waals surface area contributed by atoms with Crippen LogP contribution < -0.4 is 11.1 Å². The molecule has 90 valence electrons. The van der Waals surface area contributed by atoms with Crippen LogP contribution in [0.1, 0.15) is 33.6 Å². The van der Waals surface area contributed by atoms with Crippen molar-refractivity contribution in [3.05, 3.63) is 35.1 Å². The molecule has 1 aromatic rings. The summed E-state index contributed by atoms with van der Waals surface area (Å²) in [5.74, 6) is -1.41. The minimum Gasteiger partial charge on any atom is -0.342 e. The van der Waals surface area contributed by atoms with Crippen molar-refractivity contribution in [1.29, 1.82) is 0 Å². The van der Waals surface area contributed by atoms with Crippen LogP contribution in [0, 0.1) is 5.82 Å². The third-order valence-electron chi connectivity index (χ3n) is 2.82. The fraction of sp³-hybridized carbons (Fsp3) is 0.333. The highest BCUT2D eigenvalue weighted by atomic mass is 19.1. The number of nitrogens with one attached hydrogen (secondary N) is 1. The zero-order valence-electron chi connectivity index (χ0n) is 9.20. The zero-order valence-corrected chi connectivity index (χ0v) is 9.20. The lowest BCUT2D eigenvalue weighted by Gasteiger charge is -2.24. The SMILES string of the molecule is NCCC[C@@H]1NC(=O)c2cccc(F)c2C1=O. The lowest BCUT2D eigenvalue weighted by molar-refractivity contribution is 0.0818. The molecule has 0 saturated heterocycles. The summed E-state index contributed by atoms with van der Waals surface area (Å²) in [7, 11) is 0. The molecule has 0 radical (unpaired) electrons. The minimum atomic E-state index is -0.657. The van der Waals surface area contributed by atoms with Crippen molar-refractivity contribution in [1.82, 2.24) is 5.32 Å². The Labute approximate surface area is 98.0 Å². The average molecular weight is 236 g/mol. The fourth-order valence-electron chi connectivity index (χ4n) is 1.96. The number of hydrogen-bond donors (Lipinski definition) is 2. The molecule has 1 heterocycles. The first-order valence-electron chi connectivity index (χ1n) is 5.49. The highest BCUT2D eigenvalue weighted by Crippen LogP contribution is 2.21. The molecule has 0 saturated carbocycles. The van der Waals surface area contributed by atoms with Gasteiger partial charge in [0.2, 0.25) is 0 Å². The summed E-state index contributed by atoms with van der Waals surface area (Å²) in [5.41, 5.74) is 5.36. The number of amides is 1. The molecule has 1 amide bonds. The molecule has 0 spiro atoms. The first kappa shape index (κ1) is 11.7. The van der Waals surface area contributed by atoms with E-state index in [9.17, 15) is 14.0 Å². The predicted octanol–water partition coefficient (Wildman–Crippen LogP) is 0.859. The van der Waals surface area contributed by atoms with E-state index < -0.39 is 17.8 Å².